The second kappa shape index (κ2) is 9.59. The number of benzene rings is 1. The van der Waals surface area contributed by atoms with Gasteiger partial charge in [0.15, 0.2) is 0 Å². The number of hydrogen-bond donors (Lipinski definition) is 3. The monoisotopic (exact) mass is 535 g/mol. The van der Waals surface area contributed by atoms with Crippen molar-refractivity contribution in [3.05, 3.63) is 30.3 Å². The van der Waals surface area contributed by atoms with Gasteiger partial charge in [0.05, 0.1) is 17.9 Å². The van der Waals surface area contributed by atoms with E-state index in [1.54, 1.807) is 17.0 Å². The van der Waals surface area contributed by atoms with E-state index < -0.39 is 35.1 Å². The van der Waals surface area contributed by atoms with Crippen molar-refractivity contribution in [3.63, 3.8) is 0 Å². The zero-order chi connectivity index (χ0) is 24.7. The van der Waals surface area contributed by atoms with Crippen molar-refractivity contribution in [1.29, 1.82) is 0 Å². The van der Waals surface area contributed by atoms with Gasteiger partial charge in [-0.25, -0.2) is 0 Å². The van der Waals surface area contributed by atoms with Gasteiger partial charge in [-0.2, -0.15) is 0 Å². The van der Waals surface area contributed by atoms with E-state index in [0.717, 1.165) is 6.42 Å². The maximum absolute atomic E-state index is 13.8. The van der Waals surface area contributed by atoms with Crippen LogP contribution in [0.1, 0.15) is 46.5 Å². The van der Waals surface area contributed by atoms with Gasteiger partial charge in [0.25, 0.3) is 0 Å². The van der Waals surface area contributed by atoms with Crippen LogP contribution in [0.4, 0.5) is 5.69 Å². The number of anilines is 1. The molecule has 0 aromatic heterocycles. The summed E-state index contributed by atoms with van der Waals surface area (Å²) in [4.78, 5) is 42.3. The number of rotatable bonds is 8. The lowest BCUT2D eigenvalue weighted by Gasteiger charge is -2.36. The molecule has 1 aromatic rings. The van der Waals surface area contributed by atoms with E-state index in [4.69, 9.17) is 9.84 Å². The molecule has 3 unspecified atom stereocenters. The number of unbranched alkanes of at least 4 members (excludes halogenated alkanes) is 2. The molecule has 6 atom stereocenters. The van der Waals surface area contributed by atoms with E-state index in [1.807, 2.05) is 39.0 Å². The molecule has 0 radical (unpaired) electrons. The number of amides is 3. The Bertz CT molecular complexity index is 936. The molecule has 1 spiro atoms. The molecule has 1 aromatic carbocycles. The maximum atomic E-state index is 13.8. The summed E-state index contributed by atoms with van der Waals surface area (Å²) in [7, 11) is 0. The molecule has 9 heteroatoms. The van der Waals surface area contributed by atoms with Crippen LogP contribution in [0.5, 0.6) is 0 Å². The Balaban J connectivity index is 1.66. The highest BCUT2D eigenvalue weighted by Gasteiger charge is 2.76. The molecule has 3 N–H and O–H groups in total. The number of carbonyl (C=O) groups excluding carboxylic acids is 3. The van der Waals surface area contributed by atoms with Gasteiger partial charge < -0.3 is 25.4 Å². The number of fused-ring (bicyclic) bond motifs is 1. The van der Waals surface area contributed by atoms with Gasteiger partial charge in [0.2, 0.25) is 17.7 Å². The molecule has 3 saturated heterocycles. The summed E-state index contributed by atoms with van der Waals surface area (Å²) >= 11 is 3.68. The molecule has 8 nitrogen and oxygen atoms in total. The molecule has 34 heavy (non-hydrogen) atoms. The van der Waals surface area contributed by atoms with E-state index in [1.165, 1.54) is 0 Å². The van der Waals surface area contributed by atoms with Gasteiger partial charge in [-0.1, -0.05) is 34.1 Å². The normalized spacial score (nSPS) is 32.1. The van der Waals surface area contributed by atoms with Crippen molar-refractivity contribution < 1.29 is 24.2 Å². The second-order valence-corrected chi connectivity index (χ2v) is 11.8. The lowest BCUT2D eigenvalue weighted by molar-refractivity contribution is -0.142. The van der Waals surface area contributed by atoms with Crippen LogP contribution in [0.3, 0.4) is 0 Å². The number of para-hydroxylation sites is 1. The van der Waals surface area contributed by atoms with Crippen LogP contribution in [0.25, 0.3) is 0 Å². The first-order valence-corrected chi connectivity index (χ1v) is 12.9. The fourth-order valence-electron chi connectivity index (χ4n) is 5.73. The van der Waals surface area contributed by atoms with Crippen molar-refractivity contribution in [1.82, 2.24) is 10.2 Å². The zero-order valence-corrected chi connectivity index (χ0v) is 21.5. The van der Waals surface area contributed by atoms with Crippen molar-refractivity contribution in [2.75, 3.05) is 18.5 Å². The number of carbonyl (C=O) groups is 3. The fourth-order valence-corrected chi connectivity index (χ4v) is 6.67. The lowest BCUT2D eigenvalue weighted by atomic mass is 9.70. The number of hydrogen-bond acceptors (Lipinski definition) is 5. The average Bonchev–Trinajstić information content (AvgIpc) is 3.34. The van der Waals surface area contributed by atoms with Gasteiger partial charge in [-0.15, -0.1) is 0 Å². The van der Waals surface area contributed by atoms with Crippen molar-refractivity contribution in [2.45, 2.75) is 74.6 Å². The number of aliphatic hydroxyl groups is 1. The number of likely N-dealkylation sites (tertiary alicyclic amines) is 1. The topological polar surface area (TPSA) is 108 Å². The van der Waals surface area contributed by atoms with Gasteiger partial charge in [0.1, 0.15) is 11.6 Å². The third kappa shape index (κ3) is 4.50. The highest BCUT2D eigenvalue weighted by Crippen LogP contribution is 2.60. The Morgan fingerprint density at radius 2 is 1.88 bits per heavy atom. The molecule has 3 amide bonds. The largest absolute Gasteiger partial charge is 0.396 e. The highest BCUT2D eigenvalue weighted by atomic mass is 79.9. The summed E-state index contributed by atoms with van der Waals surface area (Å²) in [6.45, 7) is 6.18. The molecular weight excluding hydrogens is 502 g/mol. The number of nitrogens with one attached hydrogen (secondary N) is 2. The van der Waals surface area contributed by atoms with Crippen LogP contribution >= 0.6 is 15.9 Å². The minimum Gasteiger partial charge on any atom is -0.396 e. The summed E-state index contributed by atoms with van der Waals surface area (Å²) in [5, 5.41) is 15.1. The van der Waals surface area contributed by atoms with E-state index in [-0.39, 0.29) is 29.2 Å². The average molecular weight is 536 g/mol. The third-order valence-electron chi connectivity index (χ3n) is 6.94. The molecule has 0 saturated carbocycles. The minimum atomic E-state index is -1.05. The predicted octanol–water partition coefficient (Wildman–Crippen LogP) is 2.45. The van der Waals surface area contributed by atoms with E-state index >= 15 is 0 Å². The van der Waals surface area contributed by atoms with Gasteiger partial charge in [0, 0.05) is 29.2 Å². The zero-order valence-electron chi connectivity index (χ0n) is 19.9. The number of alkyl halides is 1. The summed E-state index contributed by atoms with van der Waals surface area (Å²) in [5.41, 5.74) is -0.879. The molecule has 2 bridgehead atoms. The molecule has 3 aliphatic rings. The Morgan fingerprint density at radius 3 is 2.53 bits per heavy atom. The van der Waals surface area contributed by atoms with Crippen LogP contribution in [0.2, 0.25) is 0 Å². The lowest BCUT2D eigenvalue weighted by Crippen LogP contribution is -2.58. The molecule has 3 fully saturated rings. The van der Waals surface area contributed by atoms with Gasteiger partial charge in [-0.3, -0.25) is 14.4 Å². The predicted molar refractivity (Wildman–Crippen MR) is 131 cm³/mol. The first-order valence-electron chi connectivity index (χ1n) is 12.0. The van der Waals surface area contributed by atoms with Gasteiger partial charge in [-0.05, 0) is 58.6 Å². The third-order valence-corrected chi connectivity index (χ3v) is 7.78. The SMILES string of the molecule is CC(C)(C)NC(=O)C1N(CCCCCO)C(=O)[C@@H]2[C@H](C(=O)Nc3ccccc3)[C@H]3OC12CC3Br. The number of halogens is 1. The Labute approximate surface area is 208 Å². The second-order valence-electron chi connectivity index (χ2n) is 10.6. The number of ether oxygens (including phenoxy) is 1. The van der Waals surface area contributed by atoms with Crippen LogP contribution in [-0.4, -0.2) is 69.0 Å². The smallest absolute Gasteiger partial charge is 0.246 e. The van der Waals surface area contributed by atoms with Crippen LogP contribution in [-0.2, 0) is 19.1 Å². The molecule has 3 heterocycles. The van der Waals surface area contributed by atoms with Crippen molar-refractivity contribution in [2.24, 2.45) is 11.8 Å². The molecule has 0 aliphatic carbocycles. The summed E-state index contributed by atoms with van der Waals surface area (Å²) in [6, 6.07) is 8.34. The van der Waals surface area contributed by atoms with Crippen LogP contribution in [0, 0.1) is 11.8 Å². The molecule has 186 valence electrons. The Kier molecular flexibility index (Phi) is 7.09. The Morgan fingerprint density at radius 1 is 1.18 bits per heavy atom. The highest BCUT2D eigenvalue weighted by molar-refractivity contribution is 9.09. The molecule has 4 rings (SSSR count). The van der Waals surface area contributed by atoms with Crippen molar-refractivity contribution in [3.8, 4) is 0 Å². The molecular formula is C25H34BrN3O5. The van der Waals surface area contributed by atoms with E-state index in [2.05, 4.69) is 26.6 Å². The fraction of sp³-hybridized carbons (Fsp3) is 0.640. The van der Waals surface area contributed by atoms with E-state index in [0.29, 0.717) is 31.5 Å². The number of nitrogens with zero attached hydrogens (tertiary/aromatic N) is 1. The maximum Gasteiger partial charge on any atom is 0.246 e. The van der Waals surface area contributed by atoms with Crippen LogP contribution in [0.15, 0.2) is 30.3 Å². The summed E-state index contributed by atoms with van der Waals surface area (Å²) in [5.74, 6) is -2.14. The Hall–Kier alpha value is -1.97. The van der Waals surface area contributed by atoms with Crippen LogP contribution < -0.4 is 10.6 Å². The minimum absolute atomic E-state index is 0.0895. The quantitative estimate of drug-likeness (QED) is 0.350. The first kappa shape index (κ1) is 25.1. The van der Waals surface area contributed by atoms with Gasteiger partial charge >= 0.3 is 0 Å². The number of aliphatic hydroxyl groups excluding tert-OH is 1. The molecule has 3 aliphatic heterocycles. The standard InChI is InChI=1S/C25H34BrN3O5/c1-24(2,3)28-22(32)20-25-14-16(26)19(34-25)17(21(31)27-15-10-6-4-7-11-15)18(25)23(33)29(20)12-8-5-9-13-30/h4,6-7,10-11,16-20,30H,5,8-9,12-14H2,1-3H3,(H,27,31)(H,28,32)/t16?,17-,18-,19-,20?,25?/m0/s1. The summed E-state index contributed by atoms with van der Waals surface area (Å²) < 4.78 is 6.47. The first-order chi connectivity index (χ1) is 16.1. The van der Waals surface area contributed by atoms with E-state index in [9.17, 15) is 14.4 Å². The van der Waals surface area contributed by atoms with Crippen molar-refractivity contribution >= 4 is 39.3 Å². The summed E-state index contributed by atoms with van der Waals surface area (Å²) in [6.07, 6.45) is 2.04.